The average molecular weight is 288 g/mol. The zero-order valence-electron chi connectivity index (χ0n) is 11.3. The van der Waals surface area contributed by atoms with Gasteiger partial charge < -0.3 is 0 Å². The summed E-state index contributed by atoms with van der Waals surface area (Å²) >= 11 is 0. The summed E-state index contributed by atoms with van der Waals surface area (Å²) in [7, 11) is 1.98. The first kappa shape index (κ1) is 14.7. The highest BCUT2D eigenvalue weighted by atomic mass is 31.1. The van der Waals surface area contributed by atoms with Crippen LogP contribution in [0, 0.1) is 0 Å². The van der Waals surface area contributed by atoms with Crippen molar-refractivity contribution >= 4 is 27.8 Å². The van der Waals surface area contributed by atoms with Gasteiger partial charge in [0.15, 0.2) is 0 Å². The maximum atomic E-state index is 2.25. The van der Waals surface area contributed by atoms with E-state index in [0.29, 0.717) is 0 Å². The summed E-state index contributed by atoms with van der Waals surface area (Å²) in [5, 5.41) is 3.02. The lowest BCUT2D eigenvalue weighted by molar-refractivity contribution is 0.784. The molecule has 0 aliphatic rings. The van der Waals surface area contributed by atoms with E-state index in [1.165, 1.54) is 42.2 Å². The topological polar surface area (TPSA) is 0 Å². The van der Waals surface area contributed by atoms with Crippen molar-refractivity contribution in [1.82, 2.24) is 0 Å². The molecule has 2 atom stereocenters. The van der Waals surface area contributed by atoms with Crippen LogP contribution in [0.25, 0.3) is 0 Å². The van der Waals surface area contributed by atoms with Crippen molar-refractivity contribution in [3.05, 3.63) is 60.7 Å². The molecule has 0 spiro atoms. The van der Waals surface area contributed by atoms with Crippen LogP contribution in [0.4, 0.5) is 0 Å². The zero-order chi connectivity index (χ0) is 13.2. The van der Waals surface area contributed by atoms with Gasteiger partial charge in [-0.1, -0.05) is 84.2 Å². The van der Waals surface area contributed by atoms with Gasteiger partial charge in [0.25, 0.3) is 0 Å². The van der Waals surface area contributed by atoms with Gasteiger partial charge in [-0.3, -0.25) is 0 Å². The van der Waals surface area contributed by atoms with E-state index < -0.39 is 0 Å². The first-order chi connectivity index (χ1) is 9.45. The Morgan fingerprint density at radius 2 is 0.947 bits per heavy atom. The van der Waals surface area contributed by atoms with Crippen LogP contribution < -0.4 is 10.6 Å². The molecule has 19 heavy (non-hydrogen) atoms. The largest absolute Gasteiger partial charge is 0.0904 e. The van der Waals surface area contributed by atoms with E-state index in [9.17, 15) is 0 Å². The Labute approximate surface area is 120 Å². The predicted octanol–water partition coefficient (Wildman–Crippen LogP) is 4.16. The molecule has 0 fully saturated rings. The first-order valence-corrected chi connectivity index (χ1v) is 9.44. The van der Waals surface area contributed by atoms with Crippen molar-refractivity contribution in [2.45, 2.75) is 19.3 Å². The number of hydrogen-bond acceptors (Lipinski definition) is 0. The number of unbranched alkanes of at least 4 members (excludes halogenated alkanes) is 2. The molecular formula is C17H22P2. The second-order valence-electron chi connectivity index (χ2n) is 4.65. The predicted molar refractivity (Wildman–Crippen MR) is 92.4 cm³/mol. The molecule has 2 rings (SSSR count). The fourth-order valence-electron chi connectivity index (χ4n) is 2.00. The molecule has 2 heteroatoms. The van der Waals surface area contributed by atoms with Gasteiger partial charge in [0, 0.05) is 0 Å². The maximum Gasteiger partial charge on any atom is -0.0271 e. The summed E-state index contributed by atoms with van der Waals surface area (Å²) in [4.78, 5) is 0. The van der Waals surface area contributed by atoms with Gasteiger partial charge in [-0.25, -0.2) is 0 Å². The molecule has 0 aliphatic carbocycles. The Morgan fingerprint density at radius 1 is 0.526 bits per heavy atom. The fraction of sp³-hybridized carbons (Fsp3) is 0.294. The van der Waals surface area contributed by atoms with Crippen LogP contribution in [0.1, 0.15) is 19.3 Å². The Morgan fingerprint density at radius 3 is 1.37 bits per heavy atom. The van der Waals surface area contributed by atoms with E-state index in [1.807, 2.05) is 0 Å². The Balaban J connectivity index is 1.49. The summed E-state index contributed by atoms with van der Waals surface area (Å²) in [6, 6.07) is 21.7. The number of hydrogen-bond donors (Lipinski definition) is 0. The van der Waals surface area contributed by atoms with Crippen LogP contribution >= 0.6 is 17.2 Å². The highest BCUT2D eigenvalue weighted by Crippen LogP contribution is 2.16. The number of rotatable bonds is 8. The van der Waals surface area contributed by atoms with E-state index in [-0.39, 0.29) is 0 Å². The monoisotopic (exact) mass is 288 g/mol. The third kappa shape index (κ3) is 6.33. The van der Waals surface area contributed by atoms with E-state index >= 15 is 0 Å². The molecule has 0 amide bonds. The highest BCUT2D eigenvalue weighted by molar-refractivity contribution is 7.47. The van der Waals surface area contributed by atoms with E-state index in [0.717, 1.165) is 17.2 Å². The second kappa shape index (κ2) is 9.24. The minimum absolute atomic E-state index is 0.992. The fourth-order valence-corrected chi connectivity index (χ4v) is 4.29. The quantitative estimate of drug-likeness (QED) is 0.505. The normalized spacial score (nSPS) is 11.8. The van der Waals surface area contributed by atoms with Crippen LogP contribution in [0.3, 0.4) is 0 Å². The Bertz CT molecular complexity index is 396. The molecule has 0 bridgehead atoms. The summed E-state index contributed by atoms with van der Waals surface area (Å²) in [6.45, 7) is 0. The van der Waals surface area contributed by atoms with Gasteiger partial charge in [0.1, 0.15) is 0 Å². The summed E-state index contributed by atoms with van der Waals surface area (Å²) in [6.07, 6.45) is 6.87. The lowest BCUT2D eigenvalue weighted by Crippen LogP contribution is -1.95. The Kier molecular flexibility index (Phi) is 7.15. The lowest BCUT2D eigenvalue weighted by Gasteiger charge is -2.03. The second-order valence-corrected chi connectivity index (χ2v) is 7.51. The molecule has 2 unspecified atom stereocenters. The summed E-state index contributed by atoms with van der Waals surface area (Å²) in [5.74, 6) is 0. The van der Waals surface area contributed by atoms with E-state index in [1.54, 1.807) is 0 Å². The molecular weight excluding hydrogens is 266 g/mol. The minimum atomic E-state index is 0.992. The molecule has 2 aromatic carbocycles. The van der Waals surface area contributed by atoms with Crippen LogP contribution in [0.15, 0.2) is 60.7 Å². The third-order valence-electron chi connectivity index (χ3n) is 3.06. The van der Waals surface area contributed by atoms with Gasteiger partial charge in [-0.05, 0) is 35.8 Å². The van der Waals surface area contributed by atoms with Crippen molar-refractivity contribution < 1.29 is 0 Å². The van der Waals surface area contributed by atoms with Gasteiger partial charge in [-0.15, -0.1) is 0 Å². The zero-order valence-corrected chi connectivity index (χ0v) is 13.3. The van der Waals surface area contributed by atoms with E-state index in [2.05, 4.69) is 60.7 Å². The SMILES string of the molecule is c1ccc(PCCCCCPc2ccccc2)cc1. The van der Waals surface area contributed by atoms with Gasteiger partial charge >= 0.3 is 0 Å². The standard InChI is InChI=1S/C17H22P2/c1-4-10-16(11-5-1)18-14-8-3-9-15-19-17-12-6-2-7-13-17/h1-2,4-7,10-13,18-19H,3,8-9,14-15H2. The molecule has 0 radical (unpaired) electrons. The molecule has 0 N–H and O–H groups in total. The van der Waals surface area contributed by atoms with Crippen molar-refractivity contribution in [2.75, 3.05) is 12.3 Å². The molecule has 0 aliphatic heterocycles. The molecule has 0 aromatic heterocycles. The van der Waals surface area contributed by atoms with Gasteiger partial charge in [0.05, 0.1) is 0 Å². The van der Waals surface area contributed by atoms with Gasteiger partial charge in [0.2, 0.25) is 0 Å². The molecule has 2 aromatic rings. The summed E-state index contributed by atoms with van der Waals surface area (Å²) in [5.41, 5.74) is 0. The molecule has 0 saturated heterocycles. The van der Waals surface area contributed by atoms with Crippen molar-refractivity contribution in [3.63, 3.8) is 0 Å². The van der Waals surface area contributed by atoms with E-state index in [4.69, 9.17) is 0 Å². The van der Waals surface area contributed by atoms with Crippen LogP contribution in [0.2, 0.25) is 0 Å². The van der Waals surface area contributed by atoms with Gasteiger partial charge in [-0.2, -0.15) is 0 Å². The molecule has 0 nitrogen and oxygen atoms in total. The van der Waals surface area contributed by atoms with Crippen molar-refractivity contribution in [1.29, 1.82) is 0 Å². The smallest absolute Gasteiger partial charge is 0.0271 e. The van der Waals surface area contributed by atoms with Crippen molar-refractivity contribution in [3.8, 4) is 0 Å². The molecule has 100 valence electrons. The minimum Gasteiger partial charge on any atom is -0.0904 e. The van der Waals surface area contributed by atoms with Crippen LogP contribution in [0.5, 0.6) is 0 Å². The molecule has 0 saturated carbocycles. The third-order valence-corrected chi connectivity index (χ3v) is 5.75. The Hall–Kier alpha value is -0.700. The van der Waals surface area contributed by atoms with Crippen LogP contribution in [-0.2, 0) is 0 Å². The van der Waals surface area contributed by atoms with Crippen LogP contribution in [-0.4, -0.2) is 12.3 Å². The summed E-state index contributed by atoms with van der Waals surface area (Å²) < 4.78 is 0. The van der Waals surface area contributed by atoms with Crippen molar-refractivity contribution in [2.24, 2.45) is 0 Å². The molecule has 0 heterocycles. The first-order valence-electron chi connectivity index (χ1n) is 7.03. The average Bonchev–Trinajstić information content (AvgIpc) is 2.48. The maximum absolute atomic E-state index is 2.25. The number of benzene rings is 2. The lowest BCUT2D eigenvalue weighted by atomic mass is 10.3. The highest BCUT2D eigenvalue weighted by Gasteiger charge is 1.94.